The maximum Gasteiger partial charge on any atom is 0.221 e. The van der Waals surface area contributed by atoms with E-state index in [1.54, 1.807) is 12.1 Å². The van der Waals surface area contributed by atoms with E-state index in [4.69, 9.17) is 9.84 Å². The summed E-state index contributed by atoms with van der Waals surface area (Å²) in [6, 6.07) is 27.1. The van der Waals surface area contributed by atoms with Gasteiger partial charge in [-0.1, -0.05) is 60.7 Å². The molecule has 158 valence electrons. The molecule has 0 aliphatic rings. The van der Waals surface area contributed by atoms with Crippen molar-refractivity contribution >= 4 is 11.6 Å². The van der Waals surface area contributed by atoms with Gasteiger partial charge in [0.25, 0.3) is 0 Å². The van der Waals surface area contributed by atoms with Crippen molar-refractivity contribution in [2.75, 3.05) is 32.6 Å². The maximum atomic E-state index is 10.5. The van der Waals surface area contributed by atoms with Gasteiger partial charge in [0.2, 0.25) is 5.91 Å². The number of anilines is 1. The van der Waals surface area contributed by atoms with Crippen LogP contribution in [0.2, 0.25) is 0 Å². The van der Waals surface area contributed by atoms with Crippen LogP contribution in [0.15, 0.2) is 84.9 Å². The number of phenolic OH excluding ortho intramolecular Hbond substituents is 1. The molecular formula is C25H30N2O3. The molecule has 0 saturated carbocycles. The number of carbonyl (C=O) groups is 1. The van der Waals surface area contributed by atoms with Crippen molar-refractivity contribution in [3.8, 4) is 5.75 Å². The number of hydrogen-bond donors (Lipinski definition) is 2. The summed E-state index contributed by atoms with van der Waals surface area (Å²) in [4.78, 5) is 12.7. The number of benzene rings is 3. The quantitative estimate of drug-likeness (QED) is 0.558. The molecule has 1 amide bonds. The average molecular weight is 407 g/mol. The number of nitrogens with zero attached hydrogens (tertiary/aromatic N) is 1. The molecule has 30 heavy (non-hydrogen) atoms. The van der Waals surface area contributed by atoms with Crippen LogP contribution < -0.4 is 5.32 Å². The number of likely N-dealkylation sites (N-methyl/N-ethyl adjacent to an activating group) is 1. The van der Waals surface area contributed by atoms with Gasteiger partial charge in [0.1, 0.15) is 11.9 Å². The first-order valence-electron chi connectivity index (χ1n) is 9.88. The van der Waals surface area contributed by atoms with Crippen LogP contribution in [0.1, 0.15) is 24.2 Å². The summed E-state index contributed by atoms with van der Waals surface area (Å²) < 4.78 is 6.08. The lowest BCUT2D eigenvalue weighted by molar-refractivity contribution is -0.114. The van der Waals surface area contributed by atoms with E-state index in [2.05, 4.69) is 72.8 Å². The Bertz CT molecular complexity index is 826. The van der Waals surface area contributed by atoms with Gasteiger partial charge in [0.05, 0.1) is 6.61 Å². The number of amides is 1. The van der Waals surface area contributed by atoms with E-state index in [9.17, 15) is 4.79 Å². The SMILES string of the molecule is CC(=O)Nc1ccc(O)cc1.CN(C)CCOC(c1ccccc1)c1ccccc1. The second kappa shape index (κ2) is 12.4. The molecule has 3 aromatic carbocycles. The molecular weight excluding hydrogens is 376 g/mol. The molecule has 0 unspecified atom stereocenters. The van der Waals surface area contributed by atoms with Gasteiger partial charge in [-0.3, -0.25) is 4.79 Å². The highest BCUT2D eigenvalue weighted by molar-refractivity contribution is 5.88. The zero-order valence-corrected chi connectivity index (χ0v) is 17.8. The molecule has 0 bridgehead atoms. The Morgan fingerprint density at radius 1 is 0.900 bits per heavy atom. The van der Waals surface area contributed by atoms with Crippen LogP contribution >= 0.6 is 0 Å². The first-order valence-corrected chi connectivity index (χ1v) is 9.88. The molecule has 3 aromatic rings. The molecule has 0 heterocycles. The number of hydrogen-bond acceptors (Lipinski definition) is 4. The predicted octanol–water partition coefficient (Wildman–Crippen LogP) is 4.70. The van der Waals surface area contributed by atoms with Crippen LogP contribution in [0.5, 0.6) is 5.75 Å². The van der Waals surface area contributed by atoms with Crippen LogP contribution in [0.25, 0.3) is 0 Å². The van der Waals surface area contributed by atoms with Crippen molar-refractivity contribution in [3.05, 3.63) is 96.1 Å². The van der Waals surface area contributed by atoms with Crippen molar-refractivity contribution in [3.63, 3.8) is 0 Å². The molecule has 0 aliphatic carbocycles. The van der Waals surface area contributed by atoms with Crippen LogP contribution in [0, 0.1) is 0 Å². The standard InChI is InChI=1S/C17H21NO.C8H9NO2/c1-18(2)13-14-19-17(15-9-5-3-6-10-15)16-11-7-4-8-12-16;1-6(10)9-7-2-4-8(11)5-3-7/h3-12,17H,13-14H2,1-2H3;2-5,11H,1H3,(H,9,10). The van der Waals surface area contributed by atoms with Crippen molar-refractivity contribution in [1.82, 2.24) is 4.90 Å². The van der Waals surface area contributed by atoms with Crippen molar-refractivity contribution in [2.24, 2.45) is 0 Å². The van der Waals surface area contributed by atoms with Gasteiger partial charge in [-0.2, -0.15) is 0 Å². The molecule has 0 aromatic heterocycles. The summed E-state index contributed by atoms with van der Waals surface area (Å²) in [6.45, 7) is 3.09. The minimum absolute atomic E-state index is 0.0161. The van der Waals surface area contributed by atoms with Gasteiger partial charge in [-0.15, -0.1) is 0 Å². The smallest absolute Gasteiger partial charge is 0.221 e. The summed E-state index contributed by atoms with van der Waals surface area (Å²) in [7, 11) is 4.12. The zero-order chi connectivity index (χ0) is 21.8. The molecule has 0 aliphatic heterocycles. The highest BCUT2D eigenvalue weighted by Crippen LogP contribution is 2.25. The number of aromatic hydroxyl groups is 1. The van der Waals surface area contributed by atoms with E-state index in [1.807, 2.05) is 12.1 Å². The fraction of sp³-hybridized carbons (Fsp3) is 0.240. The Morgan fingerprint density at radius 3 is 1.83 bits per heavy atom. The number of carbonyl (C=O) groups excluding carboxylic acids is 1. The van der Waals surface area contributed by atoms with Gasteiger partial charge in [0.15, 0.2) is 0 Å². The predicted molar refractivity (Wildman–Crippen MR) is 122 cm³/mol. The van der Waals surface area contributed by atoms with E-state index in [1.165, 1.54) is 30.2 Å². The van der Waals surface area contributed by atoms with Crippen molar-refractivity contribution < 1.29 is 14.6 Å². The average Bonchev–Trinajstić information content (AvgIpc) is 2.74. The van der Waals surface area contributed by atoms with E-state index >= 15 is 0 Å². The lowest BCUT2D eigenvalue weighted by atomic mass is 10.0. The van der Waals surface area contributed by atoms with Crippen LogP contribution in [-0.4, -0.2) is 43.2 Å². The monoisotopic (exact) mass is 406 g/mol. The fourth-order valence-electron chi connectivity index (χ4n) is 2.74. The lowest BCUT2D eigenvalue weighted by Crippen LogP contribution is -2.20. The van der Waals surface area contributed by atoms with E-state index in [0.29, 0.717) is 5.69 Å². The van der Waals surface area contributed by atoms with E-state index in [0.717, 1.165) is 13.2 Å². The Kier molecular flexibility index (Phi) is 9.58. The van der Waals surface area contributed by atoms with Gasteiger partial charge >= 0.3 is 0 Å². The molecule has 0 fully saturated rings. The first-order chi connectivity index (χ1) is 14.5. The Labute approximate surface area is 178 Å². The fourth-order valence-corrected chi connectivity index (χ4v) is 2.74. The Morgan fingerprint density at radius 2 is 1.40 bits per heavy atom. The second-order valence-electron chi connectivity index (χ2n) is 7.10. The van der Waals surface area contributed by atoms with Crippen LogP contribution in [0.3, 0.4) is 0 Å². The third-order valence-corrected chi connectivity index (χ3v) is 4.22. The summed E-state index contributed by atoms with van der Waals surface area (Å²) in [5, 5.41) is 11.5. The van der Waals surface area contributed by atoms with Gasteiger partial charge in [-0.25, -0.2) is 0 Å². The van der Waals surface area contributed by atoms with Crippen molar-refractivity contribution in [2.45, 2.75) is 13.0 Å². The minimum Gasteiger partial charge on any atom is -0.508 e. The van der Waals surface area contributed by atoms with Gasteiger partial charge < -0.3 is 20.1 Å². The number of rotatable bonds is 7. The minimum atomic E-state index is -0.115. The maximum absolute atomic E-state index is 10.5. The normalized spacial score (nSPS) is 10.4. The third kappa shape index (κ3) is 8.47. The Hall–Kier alpha value is -3.15. The summed E-state index contributed by atoms with van der Waals surface area (Å²) in [6.07, 6.45) is 0.0161. The first kappa shape index (κ1) is 23.1. The van der Waals surface area contributed by atoms with Gasteiger partial charge in [-0.05, 0) is 49.5 Å². The Balaban J connectivity index is 0.000000248. The summed E-state index contributed by atoms with van der Waals surface area (Å²) >= 11 is 0. The molecule has 2 N–H and O–H groups in total. The molecule has 0 saturated heterocycles. The topological polar surface area (TPSA) is 61.8 Å². The number of nitrogens with one attached hydrogen (secondary N) is 1. The highest BCUT2D eigenvalue weighted by Gasteiger charge is 2.13. The molecule has 5 heteroatoms. The lowest BCUT2D eigenvalue weighted by Gasteiger charge is -2.20. The highest BCUT2D eigenvalue weighted by atomic mass is 16.5. The van der Waals surface area contributed by atoms with Gasteiger partial charge in [0, 0.05) is 19.2 Å². The molecule has 5 nitrogen and oxygen atoms in total. The second-order valence-corrected chi connectivity index (χ2v) is 7.10. The number of phenols is 1. The summed E-state index contributed by atoms with van der Waals surface area (Å²) in [5.74, 6) is 0.0785. The van der Waals surface area contributed by atoms with E-state index < -0.39 is 0 Å². The molecule has 0 atom stereocenters. The van der Waals surface area contributed by atoms with Crippen LogP contribution in [0.4, 0.5) is 5.69 Å². The zero-order valence-electron chi connectivity index (χ0n) is 17.8. The number of ether oxygens (including phenoxy) is 1. The summed E-state index contributed by atoms with van der Waals surface area (Å²) in [5.41, 5.74) is 3.09. The molecule has 0 radical (unpaired) electrons. The largest absolute Gasteiger partial charge is 0.508 e. The van der Waals surface area contributed by atoms with Crippen LogP contribution in [-0.2, 0) is 9.53 Å². The molecule has 0 spiro atoms. The van der Waals surface area contributed by atoms with Crippen molar-refractivity contribution in [1.29, 1.82) is 0 Å². The molecule has 3 rings (SSSR count). The van der Waals surface area contributed by atoms with E-state index in [-0.39, 0.29) is 17.8 Å². The third-order valence-electron chi connectivity index (χ3n) is 4.22.